The van der Waals surface area contributed by atoms with Crippen LogP contribution in [0.25, 0.3) is 0 Å². The maximum absolute atomic E-state index is 12.1. The molecule has 4 heteroatoms. The van der Waals surface area contributed by atoms with E-state index in [0.29, 0.717) is 11.3 Å². The van der Waals surface area contributed by atoms with Crippen LogP contribution < -0.4 is 0 Å². The van der Waals surface area contributed by atoms with Crippen LogP contribution in [0.4, 0.5) is 0 Å². The first-order valence-corrected chi connectivity index (χ1v) is 11.6. The number of carbonyl (C=O) groups excluding carboxylic acids is 1. The van der Waals surface area contributed by atoms with E-state index in [1.54, 1.807) is 0 Å². The minimum Gasteiger partial charge on any atom is -0.357 e. The summed E-state index contributed by atoms with van der Waals surface area (Å²) >= 11 is 2.02. The van der Waals surface area contributed by atoms with E-state index in [9.17, 15) is 4.79 Å². The Hall–Kier alpha value is 0.0369. The highest BCUT2D eigenvalue weighted by atomic mass is 32.2. The molecule has 1 unspecified atom stereocenters. The molecule has 1 aliphatic heterocycles. The maximum Gasteiger partial charge on any atom is 0.218 e. The molecule has 1 aliphatic rings. The molecule has 1 saturated heterocycles. The Morgan fingerprint density at radius 1 is 1.32 bits per heavy atom. The Labute approximate surface area is 124 Å². The van der Waals surface area contributed by atoms with Crippen molar-refractivity contribution in [1.82, 2.24) is 4.57 Å². The summed E-state index contributed by atoms with van der Waals surface area (Å²) in [6, 6.07) is 0. The third-order valence-electron chi connectivity index (χ3n) is 5.02. The molecule has 1 fully saturated rings. The van der Waals surface area contributed by atoms with Gasteiger partial charge in [-0.3, -0.25) is 4.79 Å². The molecule has 0 aliphatic carbocycles. The van der Waals surface area contributed by atoms with E-state index in [4.69, 9.17) is 0 Å². The van der Waals surface area contributed by atoms with Crippen LogP contribution in [0.5, 0.6) is 0 Å². The van der Waals surface area contributed by atoms with Gasteiger partial charge in [-0.05, 0) is 16.7 Å². The van der Waals surface area contributed by atoms with Crippen molar-refractivity contribution in [3.63, 3.8) is 0 Å². The minimum absolute atomic E-state index is 0.247. The van der Waals surface area contributed by atoms with Gasteiger partial charge in [0, 0.05) is 0 Å². The van der Waals surface area contributed by atoms with E-state index in [-0.39, 0.29) is 5.04 Å². The molecule has 0 aromatic heterocycles. The molecule has 2 nitrogen and oxygen atoms in total. The summed E-state index contributed by atoms with van der Waals surface area (Å²) in [6.07, 6.45) is 3.27. The van der Waals surface area contributed by atoms with Crippen LogP contribution in [0.1, 0.15) is 53.9 Å². The lowest BCUT2D eigenvalue weighted by molar-refractivity contribution is -0.135. The molecule has 0 spiro atoms. The molecule has 0 radical (unpaired) electrons. The van der Waals surface area contributed by atoms with Gasteiger partial charge in [0.05, 0.1) is 11.8 Å². The molecule has 1 heterocycles. The Balaban J connectivity index is 2.65. The third-order valence-corrected chi connectivity index (χ3v) is 12.1. The standard InChI is InChI=1S/C15H31NOSSi/c1-8-12(9-2)11-18-14-10-13(17)16(14)19(6,7)15(3,4)5/h12,14H,8-11H2,1-7H3. The number of rotatable bonds is 6. The van der Waals surface area contributed by atoms with Crippen molar-refractivity contribution in [3.8, 4) is 0 Å². The van der Waals surface area contributed by atoms with Gasteiger partial charge >= 0.3 is 0 Å². The fraction of sp³-hybridized carbons (Fsp3) is 0.933. The van der Waals surface area contributed by atoms with Crippen LogP contribution >= 0.6 is 11.8 Å². The van der Waals surface area contributed by atoms with Crippen molar-refractivity contribution < 1.29 is 4.79 Å². The second kappa shape index (κ2) is 6.21. The normalized spacial score (nSPS) is 20.9. The molecule has 1 atom stereocenters. The average Bonchev–Trinajstić information content (AvgIpc) is 2.26. The summed E-state index contributed by atoms with van der Waals surface area (Å²) in [4.78, 5) is 12.1. The van der Waals surface area contributed by atoms with Gasteiger partial charge in [0.2, 0.25) is 5.91 Å². The van der Waals surface area contributed by atoms with Crippen LogP contribution in [0.3, 0.4) is 0 Å². The van der Waals surface area contributed by atoms with E-state index in [1.807, 2.05) is 11.8 Å². The van der Waals surface area contributed by atoms with Crippen molar-refractivity contribution in [3.05, 3.63) is 0 Å². The molecule has 0 N–H and O–H groups in total. The molecular formula is C15H31NOSSi. The molecule has 0 aromatic rings. The highest BCUT2D eigenvalue weighted by Crippen LogP contribution is 2.45. The predicted molar refractivity (Wildman–Crippen MR) is 89.0 cm³/mol. The molecule has 19 heavy (non-hydrogen) atoms. The minimum atomic E-state index is -1.68. The number of nitrogens with zero attached hydrogens (tertiary/aromatic N) is 1. The highest BCUT2D eigenvalue weighted by molar-refractivity contribution is 8.00. The zero-order valence-electron chi connectivity index (χ0n) is 13.7. The van der Waals surface area contributed by atoms with Crippen LogP contribution in [0.15, 0.2) is 0 Å². The lowest BCUT2D eigenvalue weighted by Gasteiger charge is -2.54. The predicted octanol–water partition coefficient (Wildman–Crippen LogP) is 4.72. The maximum atomic E-state index is 12.1. The van der Waals surface area contributed by atoms with Crippen molar-refractivity contribution in [2.45, 2.75) is 77.4 Å². The Bertz CT molecular complexity index is 321. The number of thioether (sulfide) groups is 1. The molecule has 0 aromatic carbocycles. The third kappa shape index (κ3) is 3.57. The molecular weight excluding hydrogens is 270 g/mol. The van der Waals surface area contributed by atoms with Crippen molar-refractivity contribution in [2.24, 2.45) is 5.92 Å². The Kier molecular flexibility index (Phi) is 5.58. The van der Waals surface area contributed by atoms with Crippen LogP contribution in [-0.4, -0.2) is 29.8 Å². The number of carbonyl (C=O) groups is 1. The van der Waals surface area contributed by atoms with E-state index < -0.39 is 8.24 Å². The van der Waals surface area contributed by atoms with Crippen LogP contribution in [0, 0.1) is 5.92 Å². The Morgan fingerprint density at radius 3 is 2.21 bits per heavy atom. The monoisotopic (exact) mass is 301 g/mol. The van der Waals surface area contributed by atoms with E-state index >= 15 is 0 Å². The SMILES string of the molecule is CCC(CC)CSC1CC(=O)N1[Si](C)(C)C(C)(C)C. The number of hydrogen-bond acceptors (Lipinski definition) is 2. The van der Waals surface area contributed by atoms with Crippen molar-refractivity contribution in [2.75, 3.05) is 5.75 Å². The number of β-lactam (4-membered cyclic amide) rings is 1. The first-order valence-electron chi connectivity index (χ1n) is 7.58. The summed E-state index contributed by atoms with van der Waals surface area (Å²) in [5, 5.41) is 0.700. The summed E-state index contributed by atoms with van der Waals surface area (Å²) in [5.41, 5.74) is 0. The fourth-order valence-corrected chi connectivity index (χ4v) is 7.08. The van der Waals surface area contributed by atoms with E-state index in [1.165, 1.54) is 18.6 Å². The Morgan fingerprint density at radius 2 is 1.84 bits per heavy atom. The molecule has 1 rings (SSSR count). The van der Waals surface area contributed by atoms with Crippen molar-refractivity contribution in [1.29, 1.82) is 0 Å². The second-order valence-electron chi connectivity index (χ2n) is 7.25. The molecule has 0 bridgehead atoms. The summed E-state index contributed by atoms with van der Waals surface area (Å²) < 4.78 is 2.26. The second-order valence-corrected chi connectivity index (χ2v) is 13.6. The fourth-order valence-electron chi connectivity index (χ4n) is 2.33. The summed E-state index contributed by atoms with van der Waals surface area (Å²) in [5.74, 6) is 2.39. The van der Waals surface area contributed by atoms with Gasteiger partial charge in [-0.1, -0.05) is 60.6 Å². The lowest BCUT2D eigenvalue weighted by Crippen LogP contribution is -2.67. The van der Waals surface area contributed by atoms with Gasteiger partial charge in [0.25, 0.3) is 0 Å². The number of hydrogen-bond donors (Lipinski definition) is 0. The molecule has 1 amide bonds. The van der Waals surface area contributed by atoms with Gasteiger partial charge in [0.15, 0.2) is 8.24 Å². The quantitative estimate of drug-likeness (QED) is 0.522. The van der Waals surface area contributed by atoms with Crippen LogP contribution in [0.2, 0.25) is 18.1 Å². The smallest absolute Gasteiger partial charge is 0.218 e. The van der Waals surface area contributed by atoms with Gasteiger partial charge < -0.3 is 4.57 Å². The largest absolute Gasteiger partial charge is 0.357 e. The first-order chi connectivity index (χ1) is 8.65. The molecule has 0 saturated carbocycles. The van der Waals surface area contributed by atoms with E-state index in [0.717, 1.165) is 12.3 Å². The summed E-state index contributed by atoms with van der Waals surface area (Å²) in [6.45, 7) is 16.1. The van der Waals surface area contributed by atoms with Gasteiger partial charge in [-0.15, -0.1) is 11.8 Å². The van der Waals surface area contributed by atoms with Gasteiger partial charge in [-0.2, -0.15) is 0 Å². The average molecular weight is 302 g/mol. The van der Waals surface area contributed by atoms with E-state index in [2.05, 4.69) is 52.3 Å². The highest BCUT2D eigenvalue weighted by Gasteiger charge is 2.51. The number of amides is 1. The van der Waals surface area contributed by atoms with Gasteiger partial charge in [0.1, 0.15) is 0 Å². The lowest BCUT2D eigenvalue weighted by atomic mass is 10.1. The zero-order chi connectivity index (χ0) is 14.8. The first kappa shape index (κ1) is 17.1. The van der Waals surface area contributed by atoms with Gasteiger partial charge in [-0.25, -0.2) is 0 Å². The summed E-state index contributed by atoms with van der Waals surface area (Å²) in [7, 11) is -1.68. The van der Waals surface area contributed by atoms with Crippen molar-refractivity contribution >= 4 is 25.9 Å². The zero-order valence-corrected chi connectivity index (χ0v) is 15.6. The topological polar surface area (TPSA) is 20.3 Å². The van der Waals surface area contributed by atoms with Crippen LogP contribution in [-0.2, 0) is 4.79 Å². The molecule has 112 valence electrons.